The molecule has 1 aromatic carbocycles. The van der Waals surface area contributed by atoms with E-state index in [1.807, 2.05) is 25.1 Å². The van der Waals surface area contributed by atoms with Gasteiger partial charge < -0.3 is 10.1 Å². The molecule has 0 amide bonds. The third kappa shape index (κ3) is 4.25. The van der Waals surface area contributed by atoms with Gasteiger partial charge in [-0.15, -0.1) is 0 Å². The zero-order chi connectivity index (χ0) is 15.2. The number of hydrogen-bond acceptors (Lipinski definition) is 5. The summed E-state index contributed by atoms with van der Waals surface area (Å²) in [6, 6.07) is 10.3. The van der Waals surface area contributed by atoms with E-state index in [1.54, 1.807) is 19.2 Å². The molecule has 1 heterocycles. The van der Waals surface area contributed by atoms with Gasteiger partial charge in [-0.05, 0) is 12.5 Å². The summed E-state index contributed by atoms with van der Waals surface area (Å²) in [6.07, 6.45) is 0. The Morgan fingerprint density at radius 3 is 2.81 bits per heavy atom. The van der Waals surface area contributed by atoms with Gasteiger partial charge in [-0.25, -0.2) is 0 Å². The number of non-ortho nitro benzene ring substituents is 1. The SMILES string of the molecule is COc1cc(C)nc(CNCc2cccc([N+](=O)[O-])c2)c1. The normalized spacial score (nSPS) is 10.4. The van der Waals surface area contributed by atoms with Crippen molar-refractivity contribution in [2.24, 2.45) is 0 Å². The smallest absolute Gasteiger partial charge is 0.269 e. The Morgan fingerprint density at radius 2 is 2.10 bits per heavy atom. The molecule has 0 saturated heterocycles. The van der Waals surface area contributed by atoms with Crippen molar-refractivity contribution in [3.05, 3.63) is 63.5 Å². The quantitative estimate of drug-likeness (QED) is 0.652. The van der Waals surface area contributed by atoms with Crippen molar-refractivity contribution in [3.63, 3.8) is 0 Å². The Kier molecular flexibility index (Phi) is 4.84. The van der Waals surface area contributed by atoms with E-state index in [-0.39, 0.29) is 5.69 Å². The summed E-state index contributed by atoms with van der Waals surface area (Å²) in [5, 5.41) is 13.9. The molecule has 6 nitrogen and oxygen atoms in total. The molecule has 2 aromatic rings. The van der Waals surface area contributed by atoms with Crippen molar-refractivity contribution in [1.82, 2.24) is 10.3 Å². The third-order valence-electron chi connectivity index (χ3n) is 2.97. The highest BCUT2D eigenvalue weighted by molar-refractivity contribution is 5.34. The van der Waals surface area contributed by atoms with Gasteiger partial charge in [-0.2, -0.15) is 0 Å². The fraction of sp³-hybridized carbons (Fsp3) is 0.267. The molecule has 0 aliphatic carbocycles. The molecule has 0 atom stereocenters. The molecule has 0 aliphatic rings. The summed E-state index contributed by atoms with van der Waals surface area (Å²) < 4.78 is 5.20. The Labute approximate surface area is 122 Å². The number of rotatable bonds is 6. The van der Waals surface area contributed by atoms with Crippen LogP contribution in [0, 0.1) is 17.0 Å². The fourth-order valence-electron chi connectivity index (χ4n) is 2.03. The number of nitrogens with zero attached hydrogens (tertiary/aromatic N) is 2. The first-order valence-electron chi connectivity index (χ1n) is 6.54. The van der Waals surface area contributed by atoms with Gasteiger partial charge in [0.1, 0.15) is 5.75 Å². The average Bonchev–Trinajstić information content (AvgIpc) is 2.47. The van der Waals surface area contributed by atoms with Crippen LogP contribution in [0.5, 0.6) is 5.75 Å². The van der Waals surface area contributed by atoms with Crippen molar-refractivity contribution in [2.75, 3.05) is 7.11 Å². The minimum absolute atomic E-state index is 0.102. The van der Waals surface area contributed by atoms with E-state index < -0.39 is 4.92 Å². The lowest BCUT2D eigenvalue weighted by Crippen LogP contribution is -2.14. The van der Waals surface area contributed by atoms with Gasteiger partial charge in [-0.1, -0.05) is 12.1 Å². The lowest BCUT2D eigenvalue weighted by Gasteiger charge is -2.07. The maximum absolute atomic E-state index is 10.7. The predicted octanol–water partition coefficient (Wildman–Crippen LogP) is 2.60. The van der Waals surface area contributed by atoms with E-state index in [0.717, 1.165) is 22.7 Å². The Morgan fingerprint density at radius 1 is 1.29 bits per heavy atom. The molecular weight excluding hydrogens is 270 g/mol. The van der Waals surface area contributed by atoms with Gasteiger partial charge in [0, 0.05) is 43.0 Å². The maximum atomic E-state index is 10.7. The first-order valence-corrected chi connectivity index (χ1v) is 6.54. The van der Waals surface area contributed by atoms with Gasteiger partial charge in [0.05, 0.1) is 17.7 Å². The number of hydrogen-bond donors (Lipinski definition) is 1. The zero-order valence-electron chi connectivity index (χ0n) is 12.0. The number of ether oxygens (including phenoxy) is 1. The van der Waals surface area contributed by atoms with Crippen LogP contribution >= 0.6 is 0 Å². The fourth-order valence-corrected chi connectivity index (χ4v) is 2.03. The van der Waals surface area contributed by atoms with Crippen LogP contribution in [0.25, 0.3) is 0 Å². The van der Waals surface area contributed by atoms with Crippen molar-refractivity contribution >= 4 is 5.69 Å². The summed E-state index contributed by atoms with van der Waals surface area (Å²) >= 11 is 0. The van der Waals surface area contributed by atoms with Gasteiger partial charge in [0.25, 0.3) is 5.69 Å². The molecule has 0 unspecified atom stereocenters. The molecule has 21 heavy (non-hydrogen) atoms. The number of aromatic nitrogens is 1. The molecule has 110 valence electrons. The minimum Gasteiger partial charge on any atom is -0.497 e. The number of nitro benzene ring substituents is 1. The molecule has 0 spiro atoms. The van der Waals surface area contributed by atoms with E-state index >= 15 is 0 Å². The Hall–Kier alpha value is -2.47. The van der Waals surface area contributed by atoms with E-state index in [2.05, 4.69) is 10.3 Å². The molecular formula is C15H17N3O3. The maximum Gasteiger partial charge on any atom is 0.269 e. The molecule has 0 saturated carbocycles. The monoisotopic (exact) mass is 287 g/mol. The van der Waals surface area contributed by atoms with E-state index in [0.29, 0.717) is 13.1 Å². The van der Waals surface area contributed by atoms with E-state index in [4.69, 9.17) is 4.74 Å². The number of aryl methyl sites for hydroxylation is 1. The molecule has 0 aliphatic heterocycles. The number of benzene rings is 1. The van der Waals surface area contributed by atoms with Gasteiger partial charge >= 0.3 is 0 Å². The molecule has 0 radical (unpaired) electrons. The lowest BCUT2D eigenvalue weighted by molar-refractivity contribution is -0.384. The van der Waals surface area contributed by atoms with Crippen LogP contribution in [-0.4, -0.2) is 17.0 Å². The molecule has 0 bridgehead atoms. The second-order valence-corrected chi connectivity index (χ2v) is 4.67. The highest BCUT2D eigenvalue weighted by atomic mass is 16.6. The lowest BCUT2D eigenvalue weighted by atomic mass is 10.2. The van der Waals surface area contributed by atoms with Gasteiger partial charge in [0.2, 0.25) is 0 Å². The molecule has 0 fully saturated rings. The van der Waals surface area contributed by atoms with Crippen LogP contribution in [-0.2, 0) is 13.1 Å². The topological polar surface area (TPSA) is 77.3 Å². The molecule has 1 aromatic heterocycles. The van der Waals surface area contributed by atoms with Crippen molar-refractivity contribution in [2.45, 2.75) is 20.0 Å². The van der Waals surface area contributed by atoms with Crippen LogP contribution in [0.15, 0.2) is 36.4 Å². The summed E-state index contributed by atoms with van der Waals surface area (Å²) in [5.41, 5.74) is 2.73. The first-order chi connectivity index (χ1) is 10.1. The zero-order valence-corrected chi connectivity index (χ0v) is 12.0. The molecule has 2 rings (SSSR count). The van der Waals surface area contributed by atoms with Crippen LogP contribution in [0.3, 0.4) is 0 Å². The van der Waals surface area contributed by atoms with E-state index in [1.165, 1.54) is 6.07 Å². The number of nitrogens with one attached hydrogen (secondary N) is 1. The third-order valence-corrected chi connectivity index (χ3v) is 2.97. The van der Waals surface area contributed by atoms with Crippen LogP contribution in [0.2, 0.25) is 0 Å². The van der Waals surface area contributed by atoms with Gasteiger partial charge in [-0.3, -0.25) is 15.1 Å². The standard InChI is InChI=1S/C15H17N3O3/c1-11-6-15(21-2)8-13(17-11)10-16-9-12-4-3-5-14(7-12)18(19)20/h3-8,16H,9-10H2,1-2H3. The number of methoxy groups -OCH3 is 1. The summed E-state index contributed by atoms with van der Waals surface area (Å²) in [5.74, 6) is 0.773. The number of nitro groups is 1. The van der Waals surface area contributed by atoms with Crippen molar-refractivity contribution < 1.29 is 9.66 Å². The van der Waals surface area contributed by atoms with Crippen LogP contribution < -0.4 is 10.1 Å². The first kappa shape index (κ1) is 14.9. The second-order valence-electron chi connectivity index (χ2n) is 4.67. The number of pyridine rings is 1. The largest absolute Gasteiger partial charge is 0.497 e. The van der Waals surface area contributed by atoms with Crippen molar-refractivity contribution in [1.29, 1.82) is 0 Å². The Balaban J connectivity index is 1.96. The minimum atomic E-state index is -0.392. The summed E-state index contributed by atoms with van der Waals surface area (Å²) in [7, 11) is 1.62. The summed E-state index contributed by atoms with van der Waals surface area (Å²) in [4.78, 5) is 14.7. The highest BCUT2D eigenvalue weighted by Gasteiger charge is 2.05. The molecule has 6 heteroatoms. The second kappa shape index (κ2) is 6.81. The Bertz CT molecular complexity index is 644. The van der Waals surface area contributed by atoms with E-state index in [9.17, 15) is 10.1 Å². The summed E-state index contributed by atoms with van der Waals surface area (Å²) in [6.45, 7) is 3.02. The predicted molar refractivity (Wildman–Crippen MR) is 79.2 cm³/mol. The highest BCUT2D eigenvalue weighted by Crippen LogP contribution is 2.14. The molecule has 1 N–H and O–H groups in total. The van der Waals surface area contributed by atoms with Gasteiger partial charge in [0.15, 0.2) is 0 Å². The van der Waals surface area contributed by atoms with Crippen LogP contribution in [0.1, 0.15) is 17.0 Å². The van der Waals surface area contributed by atoms with Crippen LogP contribution in [0.4, 0.5) is 5.69 Å². The average molecular weight is 287 g/mol. The van der Waals surface area contributed by atoms with Crippen molar-refractivity contribution in [3.8, 4) is 5.75 Å².